The van der Waals surface area contributed by atoms with Crippen molar-refractivity contribution in [2.24, 2.45) is 11.8 Å². The summed E-state index contributed by atoms with van der Waals surface area (Å²) in [6, 6.07) is 20.5. The van der Waals surface area contributed by atoms with Crippen LogP contribution in [0.2, 0.25) is 0 Å². The second-order valence-corrected chi connectivity index (χ2v) is 7.25. The fourth-order valence-corrected chi connectivity index (χ4v) is 3.94. The first kappa shape index (κ1) is 21.0. The molecule has 0 unspecified atom stereocenters. The van der Waals surface area contributed by atoms with Crippen LogP contribution in [-0.4, -0.2) is 32.2 Å². The SMILES string of the molecule is CCOC1(OCC)C[C@@H](COCc2ccccc2)[C@@H]1COCc1ccccc1. The van der Waals surface area contributed by atoms with E-state index in [-0.39, 0.29) is 5.92 Å². The summed E-state index contributed by atoms with van der Waals surface area (Å²) in [6.45, 7) is 7.82. The van der Waals surface area contributed by atoms with Gasteiger partial charge in [-0.25, -0.2) is 0 Å². The van der Waals surface area contributed by atoms with E-state index in [1.807, 2.05) is 50.2 Å². The van der Waals surface area contributed by atoms with Crippen LogP contribution in [0.5, 0.6) is 0 Å². The van der Waals surface area contributed by atoms with Crippen molar-refractivity contribution in [3.63, 3.8) is 0 Å². The summed E-state index contributed by atoms with van der Waals surface area (Å²) >= 11 is 0. The number of benzene rings is 2. The van der Waals surface area contributed by atoms with Crippen molar-refractivity contribution >= 4 is 0 Å². The summed E-state index contributed by atoms with van der Waals surface area (Å²) in [7, 11) is 0. The zero-order chi connectivity index (χ0) is 19.7. The molecule has 152 valence electrons. The van der Waals surface area contributed by atoms with Gasteiger partial charge in [0.15, 0.2) is 5.79 Å². The molecule has 28 heavy (non-hydrogen) atoms. The fraction of sp³-hybridized carbons (Fsp3) is 0.500. The zero-order valence-corrected chi connectivity index (χ0v) is 17.0. The van der Waals surface area contributed by atoms with Crippen LogP contribution in [0.4, 0.5) is 0 Å². The van der Waals surface area contributed by atoms with Crippen LogP contribution in [-0.2, 0) is 32.2 Å². The molecule has 1 saturated carbocycles. The highest BCUT2D eigenvalue weighted by Gasteiger charge is 2.56. The maximum Gasteiger partial charge on any atom is 0.173 e. The third-order valence-corrected chi connectivity index (χ3v) is 5.31. The monoisotopic (exact) mass is 384 g/mol. The normalized spacial score (nSPS) is 20.6. The highest BCUT2D eigenvalue weighted by molar-refractivity contribution is 5.14. The van der Waals surface area contributed by atoms with Gasteiger partial charge < -0.3 is 18.9 Å². The standard InChI is InChI=1S/C24H32O4/c1-3-27-24(28-4-2)15-22(18-25-16-20-11-7-5-8-12-20)23(24)19-26-17-21-13-9-6-10-14-21/h5-14,22-23H,3-4,15-19H2,1-2H3/t22-,23-/m0/s1. The Morgan fingerprint density at radius 1 is 0.750 bits per heavy atom. The molecule has 2 aromatic carbocycles. The van der Waals surface area contributed by atoms with Gasteiger partial charge >= 0.3 is 0 Å². The van der Waals surface area contributed by atoms with Crippen molar-refractivity contribution in [3.8, 4) is 0 Å². The lowest BCUT2D eigenvalue weighted by Crippen LogP contribution is -2.60. The van der Waals surface area contributed by atoms with Gasteiger partial charge in [0, 0.05) is 25.6 Å². The molecule has 2 aromatic rings. The molecule has 0 N–H and O–H groups in total. The van der Waals surface area contributed by atoms with Gasteiger partial charge in [0.2, 0.25) is 0 Å². The number of rotatable bonds is 12. The Labute approximate surface area is 168 Å². The summed E-state index contributed by atoms with van der Waals surface area (Å²) in [5.74, 6) is 0.00509. The van der Waals surface area contributed by atoms with Crippen LogP contribution in [0.1, 0.15) is 31.4 Å². The lowest BCUT2D eigenvalue weighted by molar-refractivity contribution is -0.341. The molecule has 3 rings (SSSR count). The lowest BCUT2D eigenvalue weighted by Gasteiger charge is -2.53. The van der Waals surface area contributed by atoms with Crippen molar-refractivity contribution in [2.75, 3.05) is 26.4 Å². The van der Waals surface area contributed by atoms with Crippen LogP contribution in [0.3, 0.4) is 0 Å². The Balaban J connectivity index is 1.55. The van der Waals surface area contributed by atoms with Crippen LogP contribution in [0.25, 0.3) is 0 Å². The first-order valence-corrected chi connectivity index (χ1v) is 10.3. The lowest BCUT2D eigenvalue weighted by atomic mass is 9.68. The van der Waals surface area contributed by atoms with Crippen molar-refractivity contribution in [1.82, 2.24) is 0 Å². The van der Waals surface area contributed by atoms with Gasteiger partial charge in [0.05, 0.1) is 26.4 Å². The van der Waals surface area contributed by atoms with Crippen molar-refractivity contribution in [1.29, 1.82) is 0 Å². The molecule has 0 aromatic heterocycles. The molecule has 0 heterocycles. The minimum atomic E-state index is -0.541. The van der Waals surface area contributed by atoms with Gasteiger partial charge in [-0.05, 0) is 30.9 Å². The largest absolute Gasteiger partial charge is 0.376 e. The number of ether oxygens (including phenoxy) is 4. The van der Waals surface area contributed by atoms with Gasteiger partial charge in [-0.15, -0.1) is 0 Å². The smallest absolute Gasteiger partial charge is 0.173 e. The van der Waals surface area contributed by atoms with Crippen LogP contribution in [0, 0.1) is 11.8 Å². The van der Waals surface area contributed by atoms with E-state index < -0.39 is 5.79 Å². The summed E-state index contributed by atoms with van der Waals surface area (Å²) in [5, 5.41) is 0. The molecule has 0 amide bonds. The molecule has 0 bridgehead atoms. The highest BCUT2D eigenvalue weighted by atomic mass is 16.7. The van der Waals surface area contributed by atoms with Gasteiger partial charge in [0.25, 0.3) is 0 Å². The Morgan fingerprint density at radius 3 is 1.75 bits per heavy atom. The third kappa shape index (κ3) is 5.42. The van der Waals surface area contributed by atoms with Gasteiger partial charge in [-0.2, -0.15) is 0 Å². The molecule has 1 fully saturated rings. The van der Waals surface area contributed by atoms with Gasteiger partial charge in [0.1, 0.15) is 0 Å². The van der Waals surface area contributed by atoms with E-state index in [4.69, 9.17) is 18.9 Å². The van der Waals surface area contributed by atoms with Gasteiger partial charge in [-0.1, -0.05) is 60.7 Å². The average Bonchev–Trinajstić information content (AvgIpc) is 2.72. The maximum atomic E-state index is 6.06. The number of hydrogen-bond donors (Lipinski definition) is 0. The Hall–Kier alpha value is -1.72. The molecular formula is C24H32O4. The van der Waals surface area contributed by atoms with Crippen LogP contribution < -0.4 is 0 Å². The summed E-state index contributed by atoms with van der Waals surface area (Å²) in [4.78, 5) is 0. The predicted octanol–water partition coefficient (Wildman–Crippen LogP) is 4.83. The topological polar surface area (TPSA) is 36.9 Å². The summed E-state index contributed by atoms with van der Waals surface area (Å²) in [5.41, 5.74) is 2.37. The highest BCUT2D eigenvalue weighted by Crippen LogP contribution is 2.48. The molecule has 1 aliphatic rings. The van der Waals surface area contributed by atoms with E-state index in [2.05, 4.69) is 24.3 Å². The van der Waals surface area contributed by atoms with E-state index in [1.165, 1.54) is 11.1 Å². The average molecular weight is 385 g/mol. The quantitative estimate of drug-likeness (QED) is 0.492. The van der Waals surface area contributed by atoms with E-state index >= 15 is 0 Å². The molecule has 2 atom stereocenters. The minimum Gasteiger partial charge on any atom is -0.376 e. The van der Waals surface area contributed by atoms with E-state index in [0.717, 1.165) is 6.42 Å². The molecule has 0 saturated heterocycles. The summed E-state index contributed by atoms with van der Waals surface area (Å²) < 4.78 is 24.2. The fourth-order valence-electron chi connectivity index (χ4n) is 3.94. The van der Waals surface area contributed by atoms with E-state index in [1.54, 1.807) is 0 Å². The first-order chi connectivity index (χ1) is 13.8. The molecule has 4 nitrogen and oxygen atoms in total. The first-order valence-electron chi connectivity index (χ1n) is 10.3. The Bertz CT molecular complexity index is 668. The molecule has 0 aliphatic heterocycles. The third-order valence-electron chi connectivity index (χ3n) is 5.31. The Morgan fingerprint density at radius 2 is 1.25 bits per heavy atom. The van der Waals surface area contributed by atoms with Gasteiger partial charge in [-0.3, -0.25) is 0 Å². The molecule has 0 radical (unpaired) electrons. The van der Waals surface area contributed by atoms with Crippen molar-refractivity contribution in [2.45, 2.75) is 39.3 Å². The second-order valence-electron chi connectivity index (χ2n) is 7.25. The second kappa shape index (κ2) is 10.7. The predicted molar refractivity (Wildman–Crippen MR) is 110 cm³/mol. The van der Waals surface area contributed by atoms with Crippen LogP contribution >= 0.6 is 0 Å². The van der Waals surface area contributed by atoms with Crippen molar-refractivity contribution < 1.29 is 18.9 Å². The van der Waals surface area contributed by atoms with Crippen LogP contribution in [0.15, 0.2) is 60.7 Å². The molecule has 1 aliphatic carbocycles. The molecule has 4 heteroatoms. The Kier molecular flexibility index (Phi) is 8.04. The molecule has 0 spiro atoms. The van der Waals surface area contributed by atoms with E-state index in [9.17, 15) is 0 Å². The summed E-state index contributed by atoms with van der Waals surface area (Å²) in [6.07, 6.45) is 0.850. The van der Waals surface area contributed by atoms with Crippen molar-refractivity contribution in [3.05, 3.63) is 71.8 Å². The molecular weight excluding hydrogens is 352 g/mol. The minimum absolute atomic E-state index is 0.173. The zero-order valence-electron chi connectivity index (χ0n) is 17.0. The van der Waals surface area contributed by atoms with E-state index in [0.29, 0.717) is 45.6 Å². The number of hydrogen-bond acceptors (Lipinski definition) is 4. The maximum absolute atomic E-state index is 6.06.